The van der Waals surface area contributed by atoms with Crippen LogP contribution < -0.4 is 5.32 Å². The van der Waals surface area contributed by atoms with Gasteiger partial charge in [0, 0.05) is 45.6 Å². The van der Waals surface area contributed by atoms with Crippen LogP contribution in [0, 0.1) is 0 Å². The Labute approximate surface area is 133 Å². The molecule has 1 fully saturated rings. The fourth-order valence-electron chi connectivity index (χ4n) is 2.45. The van der Waals surface area contributed by atoms with Crippen molar-refractivity contribution < 1.29 is 8.42 Å². The van der Waals surface area contributed by atoms with Crippen molar-refractivity contribution >= 4 is 22.2 Å². The molecule has 122 valence electrons. The van der Waals surface area contributed by atoms with E-state index in [2.05, 4.69) is 15.2 Å². The van der Waals surface area contributed by atoms with Gasteiger partial charge in [-0.15, -0.1) is 12.4 Å². The number of aryl methyl sites for hydroxylation is 1. The van der Waals surface area contributed by atoms with E-state index >= 15 is 0 Å². The van der Waals surface area contributed by atoms with Gasteiger partial charge in [0.2, 0.25) is 0 Å². The topological polar surface area (TPSA) is 67.2 Å². The highest BCUT2D eigenvalue weighted by atomic mass is 35.5. The first kappa shape index (κ1) is 18.4. The zero-order valence-corrected chi connectivity index (χ0v) is 14.5. The summed E-state index contributed by atoms with van der Waals surface area (Å²) in [6, 6.07) is 0.145. The molecule has 0 aliphatic carbocycles. The second-order valence-electron chi connectivity index (χ2n) is 5.57. The Hall–Kier alpha value is -0.630. The summed E-state index contributed by atoms with van der Waals surface area (Å²) >= 11 is 0. The largest absolute Gasteiger partial charge is 0.337 e. The lowest BCUT2D eigenvalue weighted by Crippen LogP contribution is -2.48. The molecular weight excluding hydrogens is 312 g/mol. The number of rotatable bonds is 5. The van der Waals surface area contributed by atoms with Crippen LogP contribution in [0.4, 0.5) is 0 Å². The van der Waals surface area contributed by atoms with Gasteiger partial charge in [-0.25, -0.2) is 13.4 Å². The lowest BCUT2D eigenvalue weighted by molar-refractivity contribution is 0.162. The van der Waals surface area contributed by atoms with Gasteiger partial charge in [0.25, 0.3) is 0 Å². The molecule has 0 radical (unpaired) electrons. The van der Waals surface area contributed by atoms with E-state index in [1.54, 1.807) is 20.0 Å². The molecule has 21 heavy (non-hydrogen) atoms. The molecule has 0 amide bonds. The van der Waals surface area contributed by atoms with Gasteiger partial charge in [0.1, 0.15) is 5.82 Å². The zero-order valence-electron chi connectivity index (χ0n) is 12.8. The number of hydrogen-bond acceptors (Lipinski definition) is 5. The summed E-state index contributed by atoms with van der Waals surface area (Å²) in [6.07, 6.45) is 3.71. The molecule has 1 aromatic heterocycles. The van der Waals surface area contributed by atoms with Crippen LogP contribution in [-0.2, 0) is 16.9 Å². The number of piperazine rings is 1. The van der Waals surface area contributed by atoms with Crippen LogP contribution in [0.1, 0.15) is 25.7 Å². The summed E-state index contributed by atoms with van der Waals surface area (Å²) in [4.78, 5) is 6.62. The maximum Gasteiger partial charge on any atom is 0.153 e. The first-order chi connectivity index (χ1) is 9.42. The second kappa shape index (κ2) is 7.58. The molecule has 2 heterocycles. The van der Waals surface area contributed by atoms with Crippen LogP contribution in [0.3, 0.4) is 0 Å². The van der Waals surface area contributed by atoms with E-state index in [1.165, 1.54) is 0 Å². The van der Waals surface area contributed by atoms with Gasteiger partial charge in [-0.05, 0) is 13.8 Å². The molecule has 6 nitrogen and oxygen atoms in total. The summed E-state index contributed by atoms with van der Waals surface area (Å²) < 4.78 is 25.9. The molecule has 8 heteroatoms. The average molecular weight is 337 g/mol. The number of halogens is 1. The number of sulfone groups is 1. The molecule has 0 saturated carbocycles. The Morgan fingerprint density at radius 2 is 2.19 bits per heavy atom. The molecule has 0 spiro atoms. The molecular formula is C13H25ClN4O2S. The van der Waals surface area contributed by atoms with Crippen molar-refractivity contribution in [3.05, 3.63) is 18.2 Å². The number of aromatic nitrogens is 2. The van der Waals surface area contributed by atoms with Gasteiger partial charge in [-0.1, -0.05) is 0 Å². The molecule has 1 aliphatic heterocycles. The van der Waals surface area contributed by atoms with Crippen molar-refractivity contribution in [2.45, 2.75) is 25.1 Å². The third-order valence-corrected chi connectivity index (χ3v) is 6.08. The predicted octanol–water partition coefficient (Wildman–Crippen LogP) is 0.611. The standard InChI is InChI=1S/C13H24N4O2S.ClH/c1-11(2)20(18,19)9-8-17-7-4-14-10-12(17)13-15-5-6-16(13)3;/h5-6,11-12,14H,4,7-10H2,1-3H3;1H. The monoisotopic (exact) mass is 336 g/mol. The molecule has 1 saturated heterocycles. The lowest BCUT2D eigenvalue weighted by Gasteiger charge is -2.35. The van der Waals surface area contributed by atoms with Gasteiger partial charge in [0.05, 0.1) is 17.0 Å². The van der Waals surface area contributed by atoms with E-state index in [0.29, 0.717) is 6.54 Å². The number of nitrogens with zero attached hydrogens (tertiary/aromatic N) is 3. The van der Waals surface area contributed by atoms with Crippen LogP contribution in [0.15, 0.2) is 12.4 Å². The third-order valence-electron chi connectivity index (χ3n) is 3.89. The molecule has 1 unspecified atom stereocenters. The highest BCUT2D eigenvalue weighted by Crippen LogP contribution is 2.20. The van der Waals surface area contributed by atoms with E-state index < -0.39 is 9.84 Å². The first-order valence-corrected chi connectivity index (χ1v) is 8.77. The van der Waals surface area contributed by atoms with Gasteiger partial charge in [0.15, 0.2) is 9.84 Å². The normalized spacial score (nSPS) is 20.5. The fourth-order valence-corrected chi connectivity index (χ4v) is 3.41. The summed E-state index contributed by atoms with van der Waals surface area (Å²) in [5.74, 6) is 1.20. The van der Waals surface area contributed by atoms with Crippen LogP contribution in [0.2, 0.25) is 0 Å². The van der Waals surface area contributed by atoms with Crippen molar-refractivity contribution in [1.82, 2.24) is 19.8 Å². The lowest BCUT2D eigenvalue weighted by atomic mass is 10.2. The number of hydrogen-bond donors (Lipinski definition) is 1. The Bertz CT molecular complexity index is 544. The molecule has 0 bridgehead atoms. The minimum Gasteiger partial charge on any atom is -0.337 e. The number of nitrogens with one attached hydrogen (secondary N) is 1. The number of imidazole rings is 1. The van der Waals surface area contributed by atoms with E-state index in [4.69, 9.17) is 0 Å². The second-order valence-corrected chi connectivity index (χ2v) is 8.24. The Balaban J connectivity index is 0.00000220. The summed E-state index contributed by atoms with van der Waals surface area (Å²) in [7, 11) is -1.02. The first-order valence-electron chi connectivity index (χ1n) is 7.05. The minimum absolute atomic E-state index is 0. The van der Waals surface area contributed by atoms with Crippen molar-refractivity contribution in [1.29, 1.82) is 0 Å². The smallest absolute Gasteiger partial charge is 0.153 e. The molecule has 1 aliphatic rings. The quantitative estimate of drug-likeness (QED) is 0.853. The minimum atomic E-state index is -2.99. The highest BCUT2D eigenvalue weighted by Gasteiger charge is 2.28. The van der Waals surface area contributed by atoms with E-state index in [0.717, 1.165) is 25.5 Å². The van der Waals surface area contributed by atoms with Gasteiger partial charge in [-0.3, -0.25) is 4.90 Å². The zero-order chi connectivity index (χ0) is 14.8. The van der Waals surface area contributed by atoms with Crippen molar-refractivity contribution in [2.24, 2.45) is 7.05 Å². The van der Waals surface area contributed by atoms with Crippen molar-refractivity contribution in [3.63, 3.8) is 0 Å². The SMILES string of the molecule is CC(C)S(=O)(=O)CCN1CCNCC1c1nccn1C.Cl. The van der Waals surface area contributed by atoms with Gasteiger partial charge in [-0.2, -0.15) is 0 Å². The summed E-state index contributed by atoms with van der Waals surface area (Å²) in [5.41, 5.74) is 0. The van der Waals surface area contributed by atoms with Crippen molar-refractivity contribution in [3.8, 4) is 0 Å². The highest BCUT2D eigenvalue weighted by molar-refractivity contribution is 7.92. The predicted molar refractivity (Wildman–Crippen MR) is 86.6 cm³/mol. The molecule has 1 aromatic rings. The summed E-state index contributed by atoms with van der Waals surface area (Å²) in [5, 5.41) is 3.05. The van der Waals surface area contributed by atoms with Crippen LogP contribution in [0.5, 0.6) is 0 Å². The average Bonchev–Trinajstić information content (AvgIpc) is 2.83. The summed E-state index contributed by atoms with van der Waals surface area (Å²) in [6.45, 7) is 6.60. The van der Waals surface area contributed by atoms with E-state index in [-0.39, 0.29) is 29.5 Å². The third kappa shape index (κ3) is 4.42. The Kier molecular flexibility index (Phi) is 6.65. The van der Waals surface area contributed by atoms with Gasteiger partial charge >= 0.3 is 0 Å². The van der Waals surface area contributed by atoms with Crippen LogP contribution >= 0.6 is 12.4 Å². The van der Waals surface area contributed by atoms with Crippen LogP contribution in [-0.4, -0.2) is 60.1 Å². The fraction of sp³-hybridized carbons (Fsp3) is 0.769. The molecule has 1 N–H and O–H groups in total. The molecule has 2 rings (SSSR count). The van der Waals surface area contributed by atoms with Crippen LogP contribution in [0.25, 0.3) is 0 Å². The Morgan fingerprint density at radius 1 is 1.48 bits per heavy atom. The van der Waals surface area contributed by atoms with Crippen molar-refractivity contribution in [2.75, 3.05) is 31.9 Å². The van der Waals surface area contributed by atoms with E-state index in [9.17, 15) is 8.42 Å². The van der Waals surface area contributed by atoms with Gasteiger partial charge < -0.3 is 9.88 Å². The maximum atomic E-state index is 12.0. The van der Waals surface area contributed by atoms with E-state index in [1.807, 2.05) is 17.8 Å². The molecule has 1 atom stereocenters. The Morgan fingerprint density at radius 3 is 2.76 bits per heavy atom. The maximum absolute atomic E-state index is 12.0. The molecule has 0 aromatic carbocycles.